The van der Waals surface area contributed by atoms with Gasteiger partial charge in [-0.15, -0.1) is 0 Å². The van der Waals surface area contributed by atoms with Crippen molar-refractivity contribution in [2.75, 3.05) is 38.3 Å². The molecular formula is C19H22N2O2. The van der Waals surface area contributed by atoms with Crippen LogP contribution in [-0.4, -0.2) is 44.2 Å². The lowest BCUT2D eigenvalue weighted by Gasteiger charge is -2.26. The van der Waals surface area contributed by atoms with Crippen LogP contribution in [0.25, 0.3) is 0 Å². The van der Waals surface area contributed by atoms with E-state index in [9.17, 15) is 4.79 Å². The Morgan fingerprint density at radius 3 is 2.35 bits per heavy atom. The maximum absolute atomic E-state index is 12.5. The maximum Gasteiger partial charge on any atom is 0.258 e. The van der Waals surface area contributed by atoms with Gasteiger partial charge in [-0.25, -0.2) is 0 Å². The van der Waals surface area contributed by atoms with E-state index in [1.165, 1.54) is 5.56 Å². The molecule has 0 aromatic heterocycles. The van der Waals surface area contributed by atoms with E-state index in [1.54, 1.807) is 11.9 Å². The summed E-state index contributed by atoms with van der Waals surface area (Å²) in [6.07, 6.45) is 0. The second-order valence-electron chi connectivity index (χ2n) is 5.79. The molecule has 0 spiro atoms. The molecule has 1 fully saturated rings. The summed E-state index contributed by atoms with van der Waals surface area (Å²) in [5.74, 6) is 0.00845. The molecule has 2 aromatic rings. The highest BCUT2D eigenvalue weighted by molar-refractivity contribution is 6.05. The highest BCUT2D eigenvalue weighted by atomic mass is 16.5. The van der Waals surface area contributed by atoms with Gasteiger partial charge in [0.1, 0.15) is 0 Å². The Labute approximate surface area is 137 Å². The average Bonchev–Trinajstić information content (AvgIpc) is 2.63. The molecule has 4 nitrogen and oxygen atoms in total. The number of rotatable bonds is 4. The highest BCUT2D eigenvalue weighted by Crippen LogP contribution is 2.16. The molecule has 0 aliphatic carbocycles. The molecule has 0 atom stereocenters. The fourth-order valence-electron chi connectivity index (χ4n) is 2.73. The van der Waals surface area contributed by atoms with Crippen molar-refractivity contribution in [3.63, 3.8) is 0 Å². The standard InChI is InChI=1S/C19H22N2O2/c1-20(18-5-3-2-4-6-18)19(22)17-9-7-16(8-10-17)15-21-11-13-23-14-12-21/h2-10H,11-15H2,1H3. The molecular weight excluding hydrogens is 288 g/mol. The van der Waals surface area contributed by atoms with Crippen molar-refractivity contribution in [1.82, 2.24) is 4.90 Å². The van der Waals surface area contributed by atoms with Gasteiger partial charge in [-0.05, 0) is 29.8 Å². The minimum atomic E-state index is 0.00845. The molecule has 0 unspecified atom stereocenters. The normalized spacial score (nSPS) is 15.3. The molecule has 3 rings (SSSR count). The lowest BCUT2D eigenvalue weighted by Crippen LogP contribution is -2.35. The Balaban J connectivity index is 1.65. The molecule has 0 saturated carbocycles. The van der Waals surface area contributed by atoms with Crippen LogP contribution in [0.5, 0.6) is 0 Å². The van der Waals surface area contributed by atoms with Crippen molar-refractivity contribution >= 4 is 11.6 Å². The third kappa shape index (κ3) is 3.97. The molecule has 0 bridgehead atoms. The van der Waals surface area contributed by atoms with E-state index in [2.05, 4.69) is 4.90 Å². The van der Waals surface area contributed by atoms with E-state index in [0.717, 1.165) is 38.5 Å². The number of hydrogen-bond donors (Lipinski definition) is 0. The van der Waals surface area contributed by atoms with Crippen molar-refractivity contribution < 1.29 is 9.53 Å². The Morgan fingerprint density at radius 2 is 1.70 bits per heavy atom. The molecule has 1 aliphatic heterocycles. The second-order valence-corrected chi connectivity index (χ2v) is 5.79. The summed E-state index contributed by atoms with van der Waals surface area (Å²) in [4.78, 5) is 16.6. The summed E-state index contributed by atoms with van der Waals surface area (Å²) in [6.45, 7) is 4.46. The zero-order valence-corrected chi connectivity index (χ0v) is 13.4. The number of para-hydroxylation sites is 1. The summed E-state index contributed by atoms with van der Waals surface area (Å²) < 4.78 is 5.36. The molecule has 1 heterocycles. The van der Waals surface area contributed by atoms with Crippen LogP contribution >= 0.6 is 0 Å². The molecule has 0 N–H and O–H groups in total. The number of hydrogen-bond acceptors (Lipinski definition) is 3. The monoisotopic (exact) mass is 310 g/mol. The number of nitrogens with zero attached hydrogens (tertiary/aromatic N) is 2. The van der Waals surface area contributed by atoms with E-state index in [1.807, 2.05) is 54.6 Å². The quantitative estimate of drug-likeness (QED) is 0.870. The number of carbonyl (C=O) groups excluding carboxylic acids is 1. The summed E-state index contributed by atoms with van der Waals surface area (Å²) in [7, 11) is 1.80. The first-order valence-corrected chi connectivity index (χ1v) is 7.96. The first-order valence-electron chi connectivity index (χ1n) is 7.96. The summed E-state index contributed by atoms with van der Waals surface area (Å²) >= 11 is 0. The Bertz CT molecular complexity index is 634. The van der Waals surface area contributed by atoms with E-state index < -0.39 is 0 Å². The highest BCUT2D eigenvalue weighted by Gasteiger charge is 2.14. The molecule has 23 heavy (non-hydrogen) atoms. The van der Waals surface area contributed by atoms with Crippen LogP contribution in [-0.2, 0) is 11.3 Å². The molecule has 0 radical (unpaired) electrons. The third-order valence-corrected chi connectivity index (χ3v) is 4.16. The van der Waals surface area contributed by atoms with Gasteiger partial charge >= 0.3 is 0 Å². The number of amides is 1. The van der Waals surface area contributed by atoms with Crippen molar-refractivity contribution in [2.24, 2.45) is 0 Å². The zero-order chi connectivity index (χ0) is 16.1. The smallest absolute Gasteiger partial charge is 0.258 e. The van der Waals surface area contributed by atoms with Gasteiger partial charge in [0, 0.05) is 37.9 Å². The fraction of sp³-hybridized carbons (Fsp3) is 0.316. The third-order valence-electron chi connectivity index (χ3n) is 4.16. The minimum Gasteiger partial charge on any atom is -0.379 e. The predicted molar refractivity (Wildman–Crippen MR) is 91.7 cm³/mol. The summed E-state index contributed by atoms with van der Waals surface area (Å²) in [5.41, 5.74) is 2.84. The summed E-state index contributed by atoms with van der Waals surface area (Å²) in [5, 5.41) is 0. The molecule has 120 valence electrons. The Kier molecular flexibility index (Phi) is 5.05. The fourth-order valence-corrected chi connectivity index (χ4v) is 2.73. The SMILES string of the molecule is CN(C(=O)c1ccc(CN2CCOCC2)cc1)c1ccccc1. The average molecular weight is 310 g/mol. The lowest BCUT2D eigenvalue weighted by molar-refractivity contribution is 0.0342. The minimum absolute atomic E-state index is 0.00845. The zero-order valence-electron chi connectivity index (χ0n) is 13.4. The lowest BCUT2D eigenvalue weighted by atomic mass is 10.1. The number of benzene rings is 2. The number of anilines is 1. The Morgan fingerprint density at radius 1 is 1.04 bits per heavy atom. The van der Waals surface area contributed by atoms with Gasteiger partial charge in [0.05, 0.1) is 13.2 Å². The van der Waals surface area contributed by atoms with Gasteiger partial charge in [0.25, 0.3) is 5.91 Å². The van der Waals surface area contributed by atoms with Crippen molar-refractivity contribution in [1.29, 1.82) is 0 Å². The molecule has 1 saturated heterocycles. The Hall–Kier alpha value is -2.17. The number of carbonyl (C=O) groups is 1. The van der Waals surface area contributed by atoms with Crippen molar-refractivity contribution in [2.45, 2.75) is 6.54 Å². The van der Waals surface area contributed by atoms with Crippen LogP contribution in [0.2, 0.25) is 0 Å². The van der Waals surface area contributed by atoms with E-state index in [-0.39, 0.29) is 5.91 Å². The van der Waals surface area contributed by atoms with Crippen LogP contribution in [0.1, 0.15) is 15.9 Å². The van der Waals surface area contributed by atoms with Crippen LogP contribution in [0.15, 0.2) is 54.6 Å². The predicted octanol–water partition coefficient (Wildman–Crippen LogP) is 2.80. The topological polar surface area (TPSA) is 32.8 Å². The van der Waals surface area contributed by atoms with Crippen molar-refractivity contribution in [3.05, 3.63) is 65.7 Å². The van der Waals surface area contributed by atoms with Gasteiger partial charge < -0.3 is 9.64 Å². The van der Waals surface area contributed by atoms with Crippen LogP contribution < -0.4 is 4.90 Å². The van der Waals surface area contributed by atoms with Gasteiger partial charge in [0.15, 0.2) is 0 Å². The van der Waals surface area contributed by atoms with Crippen LogP contribution in [0.4, 0.5) is 5.69 Å². The molecule has 1 aliphatic rings. The van der Waals surface area contributed by atoms with E-state index >= 15 is 0 Å². The van der Waals surface area contributed by atoms with Crippen LogP contribution in [0.3, 0.4) is 0 Å². The van der Waals surface area contributed by atoms with E-state index in [4.69, 9.17) is 4.74 Å². The molecule has 1 amide bonds. The van der Waals surface area contributed by atoms with Gasteiger partial charge in [-0.1, -0.05) is 30.3 Å². The van der Waals surface area contributed by atoms with Gasteiger partial charge in [0.2, 0.25) is 0 Å². The first kappa shape index (κ1) is 15.7. The molecule has 2 aromatic carbocycles. The van der Waals surface area contributed by atoms with Gasteiger partial charge in [-0.3, -0.25) is 9.69 Å². The largest absolute Gasteiger partial charge is 0.379 e. The van der Waals surface area contributed by atoms with E-state index in [0.29, 0.717) is 5.56 Å². The number of morpholine rings is 1. The number of ether oxygens (including phenoxy) is 1. The molecule has 4 heteroatoms. The van der Waals surface area contributed by atoms with Gasteiger partial charge in [-0.2, -0.15) is 0 Å². The van der Waals surface area contributed by atoms with Crippen molar-refractivity contribution in [3.8, 4) is 0 Å². The first-order chi connectivity index (χ1) is 11.2. The summed E-state index contributed by atoms with van der Waals surface area (Å²) in [6, 6.07) is 17.6. The van der Waals surface area contributed by atoms with Crippen LogP contribution in [0, 0.1) is 0 Å². The second kappa shape index (κ2) is 7.40. The maximum atomic E-state index is 12.5.